The Morgan fingerprint density at radius 3 is 2.67 bits per heavy atom. The third-order valence-electron chi connectivity index (χ3n) is 5.40. The lowest BCUT2D eigenvalue weighted by molar-refractivity contribution is 0.210. The molecule has 1 saturated carbocycles. The van der Waals surface area contributed by atoms with Crippen molar-refractivity contribution in [1.82, 2.24) is 14.9 Å². The zero-order valence-electron chi connectivity index (χ0n) is 14.1. The van der Waals surface area contributed by atoms with Crippen LogP contribution in [0, 0.1) is 11.8 Å². The van der Waals surface area contributed by atoms with Crippen molar-refractivity contribution in [3.63, 3.8) is 0 Å². The SMILES string of the molecule is CCCCC1CCC(C(CCc2nccn2C)NC)CC1. The quantitative estimate of drug-likeness (QED) is 0.786. The summed E-state index contributed by atoms with van der Waals surface area (Å²) in [7, 11) is 4.22. The maximum atomic E-state index is 4.45. The summed E-state index contributed by atoms with van der Waals surface area (Å²) in [6.07, 6.45) is 16.2. The molecule has 0 saturated heterocycles. The largest absolute Gasteiger partial charge is 0.338 e. The molecule has 3 nitrogen and oxygen atoms in total. The molecule has 1 aromatic heterocycles. The summed E-state index contributed by atoms with van der Waals surface area (Å²) in [4.78, 5) is 4.45. The molecule has 0 bridgehead atoms. The zero-order chi connectivity index (χ0) is 15.1. The van der Waals surface area contributed by atoms with Crippen LogP contribution in [0.15, 0.2) is 12.4 Å². The van der Waals surface area contributed by atoms with Gasteiger partial charge in [0.25, 0.3) is 0 Å². The van der Waals surface area contributed by atoms with E-state index in [1.807, 2.05) is 12.4 Å². The number of nitrogens with one attached hydrogen (secondary N) is 1. The van der Waals surface area contributed by atoms with Crippen molar-refractivity contribution < 1.29 is 0 Å². The third-order valence-corrected chi connectivity index (χ3v) is 5.40. The number of aromatic nitrogens is 2. The van der Waals surface area contributed by atoms with Gasteiger partial charge in [0.15, 0.2) is 0 Å². The second kappa shape index (κ2) is 8.57. The molecule has 1 fully saturated rings. The molecular formula is C18H33N3. The maximum absolute atomic E-state index is 4.45. The first-order valence-corrected chi connectivity index (χ1v) is 8.88. The standard InChI is InChI=1S/C18H33N3/c1-4-5-6-15-7-9-16(10-8-15)17(19-2)11-12-18-20-13-14-21(18)3/h13-17,19H,4-12H2,1-3H3. The Bertz CT molecular complexity index is 391. The lowest BCUT2D eigenvalue weighted by atomic mass is 9.76. The first-order valence-electron chi connectivity index (χ1n) is 8.88. The summed E-state index contributed by atoms with van der Waals surface area (Å²) >= 11 is 0. The van der Waals surface area contributed by atoms with E-state index in [1.165, 1.54) is 57.2 Å². The van der Waals surface area contributed by atoms with E-state index in [-0.39, 0.29) is 0 Å². The van der Waals surface area contributed by atoms with Crippen LogP contribution in [0.3, 0.4) is 0 Å². The Balaban J connectivity index is 1.76. The van der Waals surface area contributed by atoms with Crippen molar-refractivity contribution in [2.75, 3.05) is 7.05 Å². The van der Waals surface area contributed by atoms with E-state index in [0.29, 0.717) is 6.04 Å². The fourth-order valence-corrected chi connectivity index (χ4v) is 3.91. The average molecular weight is 291 g/mol. The summed E-state index contributed by atoms with van der Waals surface area (Å²) in [5.41, 5.74) is 0. The predicted molar refractivity (Wildman–Crippen MR) is 89.3 cm³/mol. The van der Waals surface area contributed by atoms with Gasteiger partial charge < -0.3 is 9.88 Å². The summed E-state index contributed by atoms with van der Waals surface area (Å²) in [5.74, 6) is 3.09. The monoisotopic (exact) mass is 291 g/mol. The summed E-state index contributed by atoms with van der Waals surface area (Å²) in [5, 5.41) is 3.57. The summed E-state index contributed by atoms with van der Waals surface area (Å²) in [6, 6.07) is 0.661. The fourth-order valence-electron chi connectivity index (χ4n) is 3.91. The van der Waals surface area contributed by atoms with Crippen LogP contribution in [-0.4, -0.2) is 22.6 Å². The van der Waals surface area contributed by atoms with Crippen LogP contribution in [0.2, 0.25) is 0 Å². The van der Waals surface area contributed by atoms with Crippen molar-refractivity contribution >= 4 is 0 Å². The summed E-state index contributed by atoms with van der Waals surface area (Å²) in [6.45, 7) is 2.31. The van der Waals surface area contributed by atoms with Gasteiger partial charge in [-0.2, -0.15) is 0 Å². The van der Waals surface area contributed by atoms with Gasteiger partial charge in [0.1, 0.15) is 5.82 Å². The molecule has 1 heterocycles. The molecular weight excluding hydrogens is 258 g/mol. The van der Waals surface area contributed by atoms with E-state index >= 15 is 0 Å². The Hall–Kier alpha value is -0.830. The molecule has 1 N–H and O–H groups in total. The van der Waals surface area contributed by atoms with E-state index < -0.39 is 0 Å². The number of imidazole rings is 1. The molecule has 0 aromatic carbocycles. The highest BCUT2D eigenvalue weighted by atomic mass is 15.0. The first-order chi connectivity index (χ1) is 10.2. The van der Waals surface area contributed by atoms with Gasteiger partial charge in [-0.15, -0.1) is 0 Å². The number of rotatable bonds is 8. The topological polar surface area (TPSA) is 29.9 Å². The second-order valence-electron chi connectivity index (χ2n) is 6.81. The van der Waals surface area contributed by atoms with Crippen LogP contribution in [0.1, 0.15) is 64.1 Å². The zero-order valence-corrected chi connectivity index (χ0v) is 14.1. The number of unbranched alkanes of at least 4 members (excludes halogenated alkanes) is 1. The Morgan fingerprint density at radius 2 is 2.10 bits per heavy atom. The molecule has 1 atom stereocenters. The Labute approximate surface area is 130 Å². The molecule has 1 aromatic rings. The number of aryl methyl sites for hydroxylation is 2. The van der Waals surface area contributed by atoms with Gasteiger partial charge in [-0.25, -0.2) is 4.98 Å². The Kier molecular flexibility index (Phi) is 6.75. The fraction of sp³-hybridized carbons (Fsp3) is 0.833. The molecule has 0 aliphatic heterocycles. The highest BCUT2D eigenvalue weighted by molar-refractivity contribution is 4.93. The minimum atomic E-state index is 0.661. The molecule has 0 amide bonds. The number of hydrogen-bond donors (Lipinski definition) is 1. The predicted octanol–water partition coefficient (Wildman–Crippen LogP) is 3.94. The van der Waals surface area contributed by atoms with E-state index in [1.54, 1.807) is 0 Å². The van der Waals surface area contributed by atoms with Crippen molar-refractivity contribution in [1.29, 1.82) is 0 Å². The van der Waals surface area contributed by atoms with Gasteiger partial charge in [0.05, 0.1) is 0 Å². The van der Waals surface area contributed by atoms with E-state index in [4.69, 9.17) is 0 Å². The first kappa shape index (κ1) is 16.5. The van der Waals surface area contributed by atoms with Gasteiger partial charge in [-0.1, -0.05) is 39.0 Å². The molecule has 1 aliphatic carbocycles. The minimum Gasteiger partial charge on any atom is -0.338 e. The van der Waals surface area contributed by atoms with Crippen molar-refractivity contribution in [2.24, 2.45) is 18.9 Å². The van der Waals surface area contributed by atoms with Crippen LogP contribution >= 0.6 is 0 Å². The Morgan fingerprint density at radius 1 is 1.33 bits per heavy atom. The highest BCUT2D eigenvalue weighted by Crippen LogP contribution is 2.34. The van der Waals surface area contributed by atoms with Crippen LogP contribution < -0.4 is 5.32 Å². The number of hydrogen-bond acceptors (Lipinski definition) is 2. The lowest BCUT2D eigenvalue weighted by Crippen LogP contribution is -2.36. The van der Waals surface area contributed by atoms with Crippen molar-refractivity contribution in [2.45, 2.75) is 70.8 Å². The molecule has 120 valence electrons. The van der Waals surface area contributed by atoms with Gasteiger partial charge in [0.2, 0.25) is 0 Å². The smallest absolute Gasteiger partial charge is 0.108 e. The molecule has 0 radical (unpaired) electrons. The summed E-state index contributed by atoms with van der Waals surface area (Å²) < 4.78 is 2.15. The third kappa shape index (κ3) is 4.84. The van der Waals surface area contributed by atoms with Crippen LogP contribution in [0.4, 0.5) is 0 Å². The van der Waals surface area contributed by atoms with E-state index in [0.717, 1.165) is 18.3 Å². The molecule has 2 rings (SSSR count). The van der Waals surface area contributed by atoms with Crippen LogP contribution in [0.5, 0.6) is 0 Å². The van der Waals surface area contributed by atoms with Crippen LogP contribution in [-0.2, 0) is 13.5 Å². The highest BCUT2D eigenvalue weighted by Gasteiger charge is 2.26. The van der Waals surface area contributed by atoms with E-state index in [9.17, 15) is 0 Å². The average Bonchev–Trinajstić information content (AvgIpc) is 2.92. The second-order valence-corrected chi connectivity index (χ2v) is 6.81. The maximum Gasteiger partial charge on any atom is 0.108 e. The molecule has 1 aliphatic rings. The van der Waals surface area contributed by atoms with Gasteiger partial charge in [-0.3, -0.25) is 0 Å². The van der Waals surface area contributed by atoms with Crippen molar-refractivity contribution in [3.05, 3.63) is 18.2 Å². The number of nitrogens with zero attached hydrogens (tertiary/aromatic N) is 2. The van der Waals surface area contributed by atoms with Gasteiger partial charge >= 0.3 is 0 Å². The molecule has 21 heavy (non-hydrogen) atoms. The van der Waals surface area contributed by atoms with Crippen molar-refractivity contribution in [3.8, 4) is 0 Å². The van der Waals surface area contributed by atoms with E-state index in [2.05, 4.69) is 35.9 Å². The molecule has 1 unspecified atom stereocenters. The lowest BCUT2D eigenvalue weighted by Gasteiger charge is -2.34. The van der Waals surface area contributed by atoms with Gasteiger partial charge in [0, 0.05) is 31.9 Å². The normalized spacial score (nSPS) is 24.1. The van der Waals surface area contributed by atoms with Crippen LogP contribution in [0.25, 0.3) is 0 Å². The minimum absolute atomic E-state index is 0.661. The van der Waals surface area contributed by atoms with Gasteiger partial charge in [-0.05, 0) is 38.1 Å². The molecule has 3 heteroatoms. The molecule has 0 spiro atoms.